The average molecular weight is 540 g/mol. The van der Waals surface area contributed by atoms with Crippen LogP contribution in [-0.4, -0.2) is 44.2 Å². The van der Waals surface area contributed by atoms with Crippen LogP contribution >= 0.6 is 15.8 Å². The maximum atomic E-state index is 9.75. The molecule has 0 unspecified atom stereocenters. The fourth-order valence-corrected chi connectivity index (χ4v) is 10.4. The zero-order chi connectivity index (χ0) is 20.6. The van der Waals surface area contributed by atoms with Gasteiger partial charge in [-0.1, -0.05) is 50.0 Å². The van der Waals surface area contributed by atoms with Crippen molar-refractivity contribution in [2.45, 2.75) is 69.1 Å². The van der Waals surface area contributed by atoms with Gasteiger partial charge in [0, 0.05) is 19.5 Å². The minimum Gasteiger partial charge on any atom is -0.418 e. The molecule has 0 aromatic carbocycles. The third-order valence-electron chi connectivity index (χ3n) is 6.46. The molecule has 1 radical (unpaired) electrons. The van der Waals surface area contributed by atoms with E-state index in [1.165, 1.54) is 32.1 Å². The van der Waals surface area contributed by atoms with Gasteiger partial charge in [0.2, 0.25) is 0 Å². The smallest absolute Gasteiger partial charge is 0.418 e. The van der Waals surface area contributed by atoms with E-state index in [0.717, 1.165) is 23.2 Å². The molecule has 0 N–H and O–H groups in total. The summed E-state index contributed by atoms with van der Waals surface area (Å²) in [5, 5.41) is 0. The molecule has 0 nitrogen and oxygen atoms in total. The molecule has 2 saturated carbocycles. The Balaban J connectivity index is 0.000000267. The normalized spacial score (nSPS) is 27.7. The van der Waals surface area contributed by atoms with E-state index in [2.05, 4.69) is 37.6 Å². The van der Waals surface area contributed by atoms with Gasteiger partial charge in [0.25, 0.3) is 0 Å². The van der Waals surface area contributed by atoms with Gasteiger partial charge < -0.3 is 17.3 Å². The predicted octanol–water partition coefficient (Wildman–Crippen LogP) is 8.14. The first-order valence-electron chi connectivity index (χ1n) is 10.9. The zero-order valence-electron chi connectivity index (χ0n) is 17.7. The Morgan fingerprint density at radius 1 is 0.690 bits per heavy atom. The molecule has 2 atom stereocenters. The largest absolute Gasteiger partial charge is 0.673 e. The van der Waals surface area contributed by atoms with Crippen molar-refractivity contribution in [3.63, 3.8) is 0 Å². The van der Waals surface area contributed by atoms with Crippen molar-refractivity contribution < 1.29 is 36.7 Å². The molecular weight excluding hydrogens is 504 g/mol. The summed E-state index contributed by atoms with van der Waals surface area (Å²) in [4.78, 5) is 0. The maximum absolute atomic E-state index is 9.75. The minimum absolute atomic E-state index is 0. The molecule has 4 aliphatic rings. The Hall–Kier alpha value is 0.748. The van der Waals surface area contributed by atoms with Crippen LogP contribution < -0.4 is 0 Å². The summed E-state index contributed by atoms with van der Waals surface area (Å²) in [6.45, 7) is 5.17. The third-order valence-corrected chi connectivity index (χ3v) is 12.2. The van der Waals surface area contributed by atoms with E-state index < -0.39 is 7.25 Å². The van der Waals surface area contributed by atoms with Crippen LogP contribution in [0.1, 0.15) is 57.8 Å². The molecule has 171 valence electrons. The molecule has 2 fully saturated rings. The number of halogens is 4. The Bertz CT molecular complexity index is 447. The van der Waals surface area contributed by atoms with Crippen LogP contribution in [-0.2, 0) is 19.5 Å². The van der Waals surface area contributed by atoms with Gasteiger partial charge in [-0.3, -0.25) is 0 Å². The van der Waals surface area contributed by atoms with Crippen molar-refractivity contribution in [1.82, 2.24) is 0 Å². The van der Waals surface area contributed by atoms with Crippen LogP contribution in [0.2, 0.25) is 0 Å². The van der Waals surface area contributed by atoms with Crippen molar-refractivity contribution in [3.8, 4) is 0 Å². The summed E-state index contributed by atoms with van der Waals surface area (Å²) in [6, 6.07) is 0. The second-order valence-corrected chi connectivity index (χ2v) is 14.0. The van der Waals surface area contributed by atoms with Crippen molar-refractivity contribution in [2.24, 2.45) is 11.8 Å². The molecule has 4 aliphatic carbocycles. The number of hydrogen-bond donors (Lipinski definition) is 0. The molecule has 8 heteroatoms. The minimum atomic E-state index is -6.00. The topological polar surface area (TPSA) is 0 Å². The second kappa shape index (κ2) is 14.0. The summed E-state index contributed by atoms with van der Waals surface area (Å²) in [5.41, 5.74) is 2.31. The molecule has 29 heavy (non-hydrogen) atoms. The van der Waals surface area contributed by atoms with E-state index >= 15 is 0 Å². The zero-order valence-corrected chi connectivity index (χ0v) is 21.1. The fraction of sp³-hybridized carbons (Fsp3) is 0.810. The standard InChI is InChI=1S/C14H28P2.C7H8.BF4.Rh/c1-15(13-7-3-4-8-13)11-12-16(2)14-9-5-6-10-14;1-2-7-4-3-6(1)5-7;2-1(3,4)5;/h13-14H,3-12H2,1-2H3;1-4,6-7H,5H2;;/q;;-1;/t15-,16-;;;/m0.../s1. The summed E-state index contributed by atoms with van der Waals surface area (Å²) in [6.07, 6.45) is 26.1. The summed E-state index contributed by atoms with van der Waals surface area (Å²) >= 11 is 0. The molecule has 0 amide bonds. The molecule has 0 spiro atoms. The Kier molecular flexibility index (Phi) is 13.4. The van der Waals surface area contributed by atoms with Crippen molar-refractivity contribution in [1.29, 1.82) is 0 Å². The Labute approximate surface area is 190 Å². The molecular formula is C21H36BF4P2Rh-. The predicted molar refractivity (Wildman–Crippen MR) is 120 cm³/mol. The van der Waals surface area contributed by atoms with Crippen molar-refractivity contribution >= 4 is 23.1 Å². The quantitative estimate of drug-likeness (QED) is 0.143. The van der Waals surface area contributed by atoms with E-state index in [0.29, 0.717) is 15.8 Å². The number of fused-ring (bicyclic) bond motifs is 2. The number of allylic oxidation sites excluding steroid dienone is 4. The van der Waals surface area contributed by atoms with Gasteiger partial charge in [-0.2, -0.15) is 0 Å². The third kappa shape index (κ3) is 11.8. The van der Waals surface area contributed by atoms with E-state index in [4.69, 9.17) is 0 Å². The van der Waals surface area contributed by atoms with Crippen molar-refractivity contribution in [3.05, 3.63) is 24.3 Å². The first-order chi connectivity index (χ1) is 13.2. The van der Waals surface area contributed by atoms with Crippen LogP contribution in [0.25, 0.3) is 0 Å². The average Bonchev–Trinajstić information content (AvgIpc) is 3.43. The Morgan fingerprint density at radius 3 is 1.17 bits per heavy atom. The number of hydrogen-bond acceptors (Lipinski definition) is 0. The van der Waals surface area contributed by atoms with E-state index in [9.17, 15) is 17.3 Å². The maximum Gasteiger partial charge on any atom is 0.673 e. The first kappa shape index (κ1) is 27.8. The van der Waals surface area contributed by atoms with Crippen LogP contribution in [0.15, 0.2) is 24.3 Å². The van der Waals surface area contributed by atoms with Gasteiger partial charge in [-0.05, 0) is 80.9 Å². The van der Waals surface area contributed by atoms with Crippen LogP contribution in [0.5, 0.6) is 0 Å². The van der Waals surface area contributed by atoms with Gasteiger partial charge in [0.15, 0.2) is 0 Å². The number of rotatable bonds is 5. The summed E-state index contributed by atoms with van der Waals surface area (Å²) in [5.74, 6) is 1.62. The molecule has 0 aromatic rings. The Morgan fingerprint density at radius 2 is 0.966 bits per heavy atom. The van der Waals surface area contributed by atoms with Gasteiger partial charge in [0.05, 0.1) is 0 Å². The molecule has 0 heterocycles. The monoisotopic (exact) mass is 540 g/mol. The van der Waals surface area contributed by atoms with Gasteiger partial charge in [0.1, 0.15) is 0 Å². The van der Waals surface area contributed by atoms with E-state index in [1.54, 1.807) is 38.0 Å². The van der Waals surface area contributed by atoms with Gasteiger partial charge in [-0.15, -0.1) is 15.8 Å². The SMILES string of the molecule is C1=CC2C=CC1C2.C[P@@](CC[P@](C)C1CCCC1)C1CCCC1.F[B-](F)(F)F.[Rh]. The fourth-order valence-electron chi connectivity index (χ4n) is 4.70. The first-order valence-corrected chi connectivity index (χ1v) is 15.0. The van der Waals surface area contributed by atoms with E-state index in [-0.39, 0.29) is 19.5 Å². The van der Waals surface area contributed by atoms with Crippen LogP contribution in [0, 0.1) is 11.8 Å². The second-order valence-electron chi connectivity index (χ2n) is 8.67. The van der Waals surface area contributed by atoms with Crippen LogP contribution in [0.3, 0.4) is 0 Å². The molecule has 0 aliphatic heterocycles. The van der Waals surface area contributed by atoms with Crippen molar-refractivity contribution in [2.75, 3.05) is 25.7 Å². The summed E-state index contributed by atoms with van der Waals surface area (Å²) in [7, 11) is -5.22. The van der Waals surface area contributed by atoms with Gasteiger partial charge >= 0.3 is 7.25 Å². The molecule has 0 saturated heterocycles. The van der Waals surface area contributed by atoms with Gasteiger partial charge in [-0.25, -0.2) is 0 Å². The molecule has 2 bridgehead atoms. The summed E-state index contributed by atoms with van der Waals surface area (Å²) < 4.78 is 39.0. The van der Waals surface area contributed by atoms with E-state index in [1.807, 2.05) is 0 Å². The molecule has 0 aromatic heterocycles. The van der Waals surface area contributed by atoms with Crippen LogP contribution in [0.4, 0.5) is 17.3 Å². The molecule has 4 rings (SSSR count).